The van der Waals surface area contributed by atoms with Gasteiger partial charge < -0.3 is 5.73 Å². The number of halogens is 2. The number of hydrogen-bond donors (Lipinski definition) is 1. The van der Waals surface area contributed by atoms with E-state index in [4.69, 9.17) is 11.0 Å². The molecule has 13 heavy (non-hydrogen) atoms. The number of benzene rings is 1. The summed E-state index contributed by atoms with van der Waals surface area (Å²) in [6.07, 6.45) is -0.0994. The minimum absolute atomic E-state index is 0.0994. The van der Waals surface area contributed by atoms with E-state index >= 15 is 0 Å². The zero-order chi connectivity index (χ0) is 9.84. The van der Waals surface area contributed by atoms with Crippen molar-refractivity contribution in [1.82, 2.24) is 0 Å². The predicted octanol–water partition coefficient (Wildman–Crippen LogP) is 1.88. The van der Waals surface area contributed by atoms with Gasteiger partial charge in [-0.25, -0.2) is 8.78 Å². The lowest BCUT2D eigenvalue weighted by Gasteiger charge is -2.09. The van der Waals surface area contributed by atoms with Crippen molar-refractivity contribution in [2.45, 2.75) is 12.5 Å². The summed E-state index contributed by atoms with van der Waals surface area (Å²) in [7, 11) is 0. The van der Waals surface area contributed by atoms with Gasteiger partial charge in [-0.05, 0) is 12.1 Å². The summed E-state index contributed by atoms with van der Waals surface area (Å²) in [4.78, 5) is 0. The largest absolute Gasteiger partial charge is 0.323 e. The zero-order valence-corrected chi connectivity index (χ0v) is 6.80. The summed E-state index contributed by atoms with van der Waals surface area (Å²) in [5, 5.41) is 8.30. The van der Waals surface area contributed by atoms with Gasteiger partial charge in [-0.15, -0.1) is 0 Å². The van der Waals surface area contributed by atoms with E-state index in [1.807, 2.05) is 0 Å². The van der Waals surface area contributed by atoms with E-state index in [0.717, 1.165) is 12.1 Å². The highest BCUT2D eigenvalue weighted by Crippen LogP contribution is 2.20. The summed E-state index contributed by atoms with van der Waals surface area (Å²) in [5.41, 5.74) is 5.19. The Hall–Kier alpha value is -1.47. The number of nitrogens with zero attached hydrogens (tertiary/aromatic N) is 1. The summed E-state index contributed by atoms with van der Waals surface area (Å²) in [5.74, 6) is -1.41. The molecule has 68 valence electrons. The Labute approximate surface area is 74.6 Å². The Bertz CT molecular complexity index is 324. The van der Waals surface area contributed by atoms with E-state index in [9.17, 15) is 8.78 Å². The van der Waals surface area contributed by atoms with Crippen molar-refractivity contribution in [1.29, 1.82) is 5.26 Å². The third kappa shape index (κ3) is 2.01. The quantitative estimate of drug-likeness (QED) is 0.759. The first-order chi connectivity index (χ1) is 6.16. The van der Waals surface area contributed by atoms with Crippen LogP contribution in [0.15, 0.2) is 18.2 Å². The van der Waals surface area contributed by atoms with Crippen LogP contribution in [0.2, 0.25) is 0 Å². The lowest BCUT2D eigenvalue weighted by atomic mass is 10.0. The molecule has 0 aliphatic rings. The molecule has 0 saturated carbocycles. The van der Waals surface area contributed by atoms with Gasteiger partial charge in [0.05, 0.1) is 12.5 Å². The minimum atomic E-state index is -0.897. The van der Waals surface area contributed by atoms with Crippen LogP contribution < -0.4 is 5.73 Å². The third-order valence-corrected chi connectivity index (χ3v) is 1.68. The molecule has 1 rings (SSSR count). The molecule has 0 saturated heterocycles. The Morgan fingerprint density at radius 3 is 2.38 bits per heavy atom. The molecule has 0 spiro atoms. The highest BCUT2D eigenvalue weighted by Gasteiger charge is 2.15. The Kier molecular flexibility index (Phi) is 2.93. The number of hydrogen-bond acceptors (Lipinski definition) is 2. The van der Waals surface area contributed by atoms with Crippen molar-refractivity contribution >= 4 is 0 Å². The fourth-order valence-electron chi connectivity index (χ4n) is 1.07. The monoisotopic (exact) mass is 182 g/mol. The van der Waals surface area contributed by atoms with Crippen LogP contribution in [0, 0.1) is 23.0 Å². The minimum Gasteiger partial charge on any atom is -0.323 e. The summed E-state index contributed by atoms with van der Waals surface area (Å²) < 4.78 is 26.0. The summed E-state index contributed by atoms with van der Waals surface area (Å²) in [6.45, 7) is 0. The maximum atomic E-state index is 13.0. The normalized spacial score (nSPS) is 12.2. The second kappa shape index (κ2) is 3.97. The van der Waals surface area contributed by atoms with Crippen molar-refractivity contribution in [2.24, 2.45) is 5.73 Å². The molecule has 0 bridgehead atoms. The van der Waals surface area contributed by atoms with E-state index in [-0.39, 0.29) is 12.0 Å². The van der Waals surface area contributed by atoms with Crippen LogP contribution in [0.25, 0.3) is 0 Å². The van der Waals surface area contributed by atoms with E-state index < -0.39 is 17.7 Å². The molecule has 0 amide bonds. The molecule has 1 aromatic carbocycles. The molecular formula is C9H8F2N2. The lowest BCUT2D eigenvalue weighted by Crippen LogP contribution is -2.13. The molecule has 1 atom stereocenters. The first-order valence-corrected chi connectivity index (χ1v) is 3.73. The molecule has 0 unspecified atom stereocenters. The maximum Gasteiger partial charge on any atom is 0.130 e. The standard InChI is InChI=1S/C9H8F2N2/c10-6-2-1-3-7(11)9(6)8(13)4-5-12/h1-3,8H,4,13H2/t8-/m1/s1. The van der Waals surface area contributed by atoms with Gasteiger partial charge in [0.1, 0.15) is 11.6 Å². The number of nitrogens with two attached hydrogens (primary N) is 1. The Morgan fingerprint density at radius 2 is 1.92 bits per heavy atom. The first kappa shape index (κ1) is 9.62. The molecule has 0 aliphatic carbocycles. The third-order valence-electron chi connectivity index (χ3n) is 1.68. The topological polar surface area (TPSA) is 49.8 Å². The highest BCUT2D eigenvalue weighted by molar-refractivity contribution is 5.23. The van der Waals surface area contributed by atoms with Gasteiger partial charge in [0.25, 0.3) is 0 Å². The average Bonchev–Trinajstić information content (AvgIpc) is 2.04. The van der Waals surface area contributed by atoms with Gasteiger partial charge in [-0.1, -0.05) is 6.07 Å². The van der Waals surface area contributed by atoms with Crippen LogP contribution >= 0.6 is 0 Å². The van der Waals surface area contributed by atoms with E-state index in [1.165, 1.54) is 6.07 Å². The van der Waals surface area contributed by atoms with Gasteiger partial charge >= 0.3 is 0 Å². The van der Waals surface area contributed by atoms with Gasteiger partial charge in [-0.3, -0.25) is 0 Å². The zero-order valence-electron chi connectivity index (χ0n) is 6.80. The highest BCUT2D eigenvalue weighted by atomic mass is 19.1. The molecule has 1 aromatic rings. The van der Waals surface area contributed by atoms with Crippen LogP contribution in [0.1, 0.15) is 18.0 Å². The van der Waals surface area contributed by atoms with Crippen LogP contribution in [-0.4, -0.2) is 0 Å². The Balaban J connectivity index is 3.06. The van der Waals surface area contributed by atoms with Gasteiger partial charge in [0.2, 0.25) is 0 Å². The van der Waals surface area contributed by atoms with Crippen LogP contribution in [-0.2, 0) is 0 Å². The van der Waals surface area contributed by atoms with Crippen LogP contribution in [0.5, 0.6) is 0 Å². The van der Waals surface area contributed by atoms with E-state index in [0.29, 0.717) is 0 Å². The van der Waals surface area contributed by atoms with Crippen LogP contribution in [0.3, 0.4) is 0 Å². The van der Waals surface area contributed by atoms with E-state index in [1.54, 1.807) is 6.07 Å². The van der Waals surface area contributed by atoms with Crippen LogP contribution in [0.4, 0.5) is 8.78 Å². The lowest BCUT2D eigenvalue weighted by molar-refractivity contribution is 0.528. The Morgan fingerprint density at radius 1 is 1.38 bits per heavy atom. The van der Waals surface area contributed by atoms with Crippen molar-refractivity contribution < 1.29 is 8.78 Å². The molecule has 2 nitrogen and oxygen atoms in total. The second-order valence-electron chi connectivity index (χ2n) is 2.60. The van der Waals surface area contributed by atoms with Crippen molar-refractivity contribution in [3.05, 3.63) is 35.4 Å². The van der Waals surface area contributed by atoms with Crippen molar-refractivity contribution in [3.63, 3.8) is 0 Å². The first-order valence-electron chi connectivity index (χ1n) is 3.73. The maximum absolute atomic E-state index is 13.0. The molecule has 0 radical (unpaired) electrons. The molecule has 0 aliphatic heterocycles. The fourth-order valence-corrected chi connectivity index (χ4v) is 1.07. The fraction of sp³-hybridized carbons (Fsp3) is 0.222. The smallest absolute Gasteiger partial charge is 0.130 e. The van der Waals surface area contributed by atoms with Crippen molar-refractivity contribution in [3.8, 4) is 6.07 Å². The SMILES string of the molecule is N#CC[C@@H](N)c1c(F)cccc1F. The average molecular weight is 182 g/mol. The molecule has 2 N–H and O–H groups in total. The summed E-state index contributed by atoms with van der Waals surface area (Å²) in [6, 6.07) is 4.36. The second-order valence-corrected chi connectivity index (χ2v) is 2.60. The molecule has 4 heteroatoms. The van der Waals surface area contributed by atoms with Crippen molar-refractivity contribution in [2.75, 3.05) is 0 Å². The molecule has 0 heterocycles. The molecular weight excluding hydrogens is 174 g/mol. The van der Waals surface area contributed by atoms with Gasteiger partial charge in [-0.2, -0.15) is 5.26 Å². The number of rotatable bonds is 2. The molecule has 0 aromatic heterocycles. The molecule has 0 fully saturated rings. The summed E-state index contributed by atoms with van der Waals surface area (Å²) >= 11 is 0. The predicted molar refractivity (Wildman–Crippen MR) is 43.5 cm³/mol. The number of nitriles is 1. The van der Waals surface area contributed by atoms with Gasteiger partial charge in [0, 0.05) is 11.6 Å². The van der Waals surface area contributed by atoms with E-state index in [2.05, 4.69) is 0 Å². The van der Waals surface area contributed by atoms with Gasteiger partial charge in [0.15, 0.2) is 0 Å².